The van der Waals surface area contributed by atoms with E-state index < -0.39 is 10.0 Å². The largest absolute Gasteiger partial charge is 0.487 e. The van der Waals surface area contributed by atoms with Gasteiger partial charge >= 0.3 is 0 Å². The summed E-state index contributed by atoms with van der Waals surface area (Å²) in [6, 6.07) is 8.15. The molecular formula is C18H19N3O5S. The lowest BCUT2D eigenvalue weighted by Crippen LogP contribution is -2.31. The van der Waals surface area contributed by atoms with Crippen LogP contribution in [0.15, 0.2) is 41.4 Å². The van der Waals surface area contributed by atoms with Crippen molar-refractivity contribution in [2.24, 2.45) is 0 Å². The van der Waals surface area contributed by atoms with Crippen LogP contribution in [-0.4, -0.2) is 49.4 Å². The van der Waals surface area contributed by atoms with E-state index in [1.807, 2.05) is 19.1 Å². The molecule has 27 heavy (non-hydrogen) atoms. The molecule has 142 valence electrons. The fourth-order valence-electron chi connectivity index (χ4n) is 3.10. The summed E-state index contributed by atoms with van der Waals surface area (Å²) in [5.41, 5.74) is 1.26. The maximum absolute atomic E-state index is 12.9. The van der Waals surface area contributed by atoms with Crippen LogP contribution >= 0.6 is 0 Å². The second kappa shape index (κ2) is 6.82. The van der Waals surface area contributed by atoms with Crippen LogP contribution in [-0.2, 0) is 14.8 Å². The van der Waals surface area contributed by atoms with E-state index in [1.165, 1.54) is 16.4 Å². The molecule has 2 aliphatic rings. The molecule has 0 radical (unpaired) electrons. The van der Waals surface area contributed by atoms with Crippen LogP contribution in [0, 0.1) is 6.92 Å². The van der Waals surface area contributed by atoms with E-state index in [1.54, 1.807) is 12.3 Å². The van der Waals surface area contributed by atoms with Crippen molar-refractivity contribution in [3.63, 3.8) is 0 Å². The zero-order valence-electron chi connectivity index (χ0n) is 14.7. The first-order chi connectivity index (χ1) is 12.9. The molecular weight excluding hydrogens is 370 g/mol. The minimum absolute atomic E-state index is 0.0713. The van der Waals surface area contributed by atoms with Gasteiger partial charge in [-0.2, -0.15) is 4.31 Å². The number of nitrogens with zero attached hydrogens (tertiary/aromatic N) is 2. The second-order valence-corrected chi connectivity index (χ2v) is 8.46. The zero-order valence-corrected chi connectivity index (χ0v) is 15.5. The molecule has 1 N–H and O–H groups in total. The van der Waals surface area contributed by atoms with Gasteiger partial charge in [-0.15, -0.1) is 0 Å². The second-order valence-electron chi connectivity index (χ2n) is 6.52. The number of hydrogen-bond acceptors (Lipinski definition) is 6. The average Bonchev–Trinajstić information content (AvgIpc) is 3.12. The van der Waals surface area contributed by atoms with Gasteiger partial charge in [0.25, 0.3) is 5.91 Å². The lowest BCUT2D eigenvalue weighted by atomic mass is 10.2. The summed E-state index contributed by atoms with van der Waals surface area (Å²) < 4.78 is 38.4. The van der Waals surface area contributed by atoms with Gasteiger partial charge in [0.15, 0.2) is 6.61 Å². The van der Waals surface area contributed by atoms with Gasteiger partial charge in [-0.05, 0) is 43.7 Å². The molecule has 2 aliphatic heterocycles. The number of ether oxygens (including phenoxy) is 2. The number of pyridine rings is 1. The van der Waals surface area contributed by atoms with Gasteiger partial charge in [-0.1, -0.05) is 0 Å². The van der Waals surface area contributed by atoms with Crippen molar-refractivity contribution in [3.8, 4) is 11.5 Å². The quantitative estimate of drug-likeness (QED) is 0.852. The fraction of sp³-hybridized carbons (Fsp3) is 0.333. The van der Waals surface area contributed by atoms with E-state index in [0.717, 1.165) is 5.69 Å². The molecule has 1 saturated heterocycles. The summed E-state index contributed by atoms with van der Waals surface area (Å²) in [7, 11) is -3.69. The molecule has 1 fully saturated rings. The van der Waals surface area contributed by atoms with E-state index in [9.17, 15) is 13.2 Å². The molecule has 1 aromatic heterocycles. The summed E-state index contributed by atoms with van der Waals surface area (Å²) in [4.78, 5) is 15.8. The number of sulfonamides is 1. The smallest absolute Gasteiger partial charge is 0.262 e. The number of benzene rings is 1. The van der Waals surface area contributed by atoms with Crippen LogP contribution in [0.1, 0.15) is 12.1 Å². The number of nitrogens with one attached hydrogen (secondary N) is 1. The Bertz CT molecular complexity index is 975. The molecule has 1 atom stereocenters. The third-order valence-electron chi connectivity index (χ3n) is 4.52. The molecule has 1 amide bonds. The van der Waals surface area contributed by atoms with Crippen molar-refractivity contribution in [3.05, 3.63) is 42.2 Å². The molecule has 8 nitrogen and oxygen atoms in total. The number of carbonyl (C=O) groups excluding carboxylic acids is 1. The highest BCUT2D eigenvalue weighted by Gasteiger charge is 2.34. The van der Waals surface area contributed by atoms with Gasteiger partial charge in [0.1, 0.15) is 17.6 Å². The van der Waals surface area contributed by atoms with Gasteiger partial charge in [0.05, 0.1) is 23.3 Å². The highest BCUT2D eigenvalue weighted by Crippen LogP contribution is 2.32. The first-order valence-electron chi connectivity index (χ1n) is 8.58. The zero-order chi connectivity index (χ0) is 19.0. The number of rotatable bonds is 4. The number of carbonyl (C=O) groups is 1. The molecule has 1 aromatic carbocycles. The van der Waals surface area contributed by atoms with E-state index in [0.29, 0.717) is 30.2 Å². The third-order valence-corrected chi connectivity index (χ3v) is 6.38. The Morgan fingerprint density at radius 1 is 1.30 bits per heavy atom. The predicted molar refractivity (Wildman–Crippen MR) is 97.3 cm³/mol. The van der Waals surface area contributed by atoms with E-state index in [4.69, 9.17) is 9.47 Å². The van der Waals surface area contributed by atoms with Crippen LogP contribution in [0.3, 0.4) is 0 Å². The molecule has 1 unspecified atom stereocenters. The van der Waals surface area contributed by atoms with Gasteiger partial charge in [-0.25, -0.2) is 8.42 Å². The van der Waals surface area contributed by atoms with E-state index in [2.05, 4.69) is 10.3 Å². The van der Waals surface area contributed by atoms with Crippen LogP contribution in [0.2, 0.25) is 0 Å². The Morgan fingerprint density at radius 3 is 2.93 bits per heavy atom. The third kappa shape index (κ3) is 3.60. The number of aryl methyl sites for hydroxylation is 1. The van der Waals surface area contributed by atoms with Gasteiger partial charge < -0.3 is 14.8 Å². The van der Waals surface area contributed by atoms with Crippen molar-refractivity contribution < 1.29 is 22.7 Å². The van der Waals surface area contributed by atoms with Crippen molar-refractivity contribution in [1.82, 2.24) is 9.29 Å². The van der Waals surface area contributed by atoms with Crippen molar-refractivity contribution in [2.75, 3.05) is 25.0 Å². The minimum atomic E-state index is -3.69. The Hall–Kier alpha value is -2.65. The Kier molecular flexibility index (Phi) is 4.48. The summed E-state index contributed by atoms with van der Waals surface area (Å²) >= 11 is 0. The van der Waals surface area contributed by atoms with Crippen molar-refractivity contribution >= 4 is 21.6 Å². The molecule has 2 aromatic rings. The lowest BCUT2D eigenvalue weighted by molar-refractivity contribution is -0.118. The number of aromatic nitrogens is 1. The van der Waals surface area contributed by atoms with Crippen LogP contribution in [0.25, 0.3) is 0 Å². The topological polar surface area (TPSA) is 97.8 Å². The van der Waals surface area contributed by atoms with Gasteiger partial charge in [-0.3, -0.25) is 9.78 Å². The molecule has 0 spiro atoms. The molecule has 4 rings (SSSR count). The number of fused-ring (bicyclic) bond motifs is 1. The van der Waals surface area contributed by atoms with Crippen molar-refractivity contribution in [1.29, 1.82) is 0 Å². The van der Waals surface area contributed by atoms with Gasteiger partial charge in [0.2, 0.25) is 10.0 Å². The molecule has 0 bridgehead atoms. The molecule has 9 heteroatoms. The summed E-state index contributed by atoms with van der Waals surface area (Å²) in [5.74, 6) is 0.778. The summed E-state index contributed by atoms with van der Waals surface area (Å²) in [6.45, 7) is 2.44. The molecule has 0 aliphatic carbocycles. The van der Waals surface area contributed by atoms with E-state index in [-0.39, 0.29) is 30.1 Å². The van der Waals surface area contributed by atoms with Crippen molar-refractivity contribution in [2.45, 2.75) is 24.3 Å². The highest BCUT2D eigenvalue weighted by molar-refractivity contribution is 7.89. The predicted octanol–water partition coefficient (Wildman–Crippen LogP) is 1.56. The lowest BCUT2D eigenvalue weighted by Gasteiger charge is -2.21. The standard InChI is InChI=1S/C18H19N3O5S/c1-12-2-3-13(9-19-12)26-14-6-7-21(10-14)27(23,24)15-4-5-17-16(8-15)20-18(22)11-25-17/h2-5,8-9,14H,6-7,10-11H2,1H3,(H,20,22). The Morgan fingerprint density at radius 2 is 2.15 bits per heavy atom. The summed E-state index contributed by atoms with van der Waals surface area (Å²) in [6.07, 6.45) is 2.00. The van der Waals surface area contributed by atoms with Gasteiger partial charge in [0, 0.05) is 12.2 Å². The number of amides is 1. The minimum Gasteiger partial charge on any atom is -0.487 e. The average molecular weight is 389 g/mol. The van der Waals surface area contributed by atoms with E-state index >= 15 is 0 Å². The normalized spacial score (nSPS) is 19.9. The molecule has 3 heterocycles. The number of hydrogen-bond donors (Lipinski definition) is 1. The van der Waals surface area contributed by atoms with Crippen LogP contribution < -0.4 is 14.8 Å². The monoisotopic (exact) mass is 389 g/mol. The maximum atomic E-state index is 12.9. The summed E-state index contributed by atoms with van der Waals surface area (Å²) in [5, 5.41) is 2.63. The van der Waals surface area contributed by atoms with Crippen LogP contribution in [0.4, 0.5) is 5.69 Å². The Balaban J connectivity index is 1.49. The first kappa shape index (κ1) is 17.7. The first-order valence-corrected chi connectivity index (χ1v) is 10.0. The maximum Gasteiger partial charge on any atom is 0.262 e. The number of anilines is 1. The highest BCUT2D eigenvalue weighted by atomic mass is 32.2. The molecule has 0 saturated carbocycles. The SMILES string of the molecule is Cc1ccc(OC2CCN(S(=O)(=O)c3ccc4c(c3)NC(=O)CO4)C2)cn1. The van der Waals surface area contributed by atoms with Crippen LogP contribution in [0.5, 0.6) is 11.5 Å². The fourth-order valence-corrected chi connectivity index (χ4v) is 4.61. The Labute approximate surface area is 157 Å².